The van der Waals surface area contributed by atoms with E-state index in [2.05, 4.69) is 5.32 Å². The molecule has 1 aliphatic heterocycles. The molecule has 1 N–H and O–H groups in total. The number of amides is 1. The molecule has 0 spiro atoms. The molecular weight excluding hydrogens is 386 g/mol. The Labute approximate surface area is 176 Å². The molecule has 1 aliphatic rings. The molecule has 1 amide bonds. The lowest BCUT2D eigenvalue weighted by molar-refractivity contribution is -0.147. The van der Waals surface area contributed by atoms with Gasteiger partial charge in [-0.15, -0.1) is 0 Å². The molecule has 0 saturated heterocycles. The molecule has 7 nitrogen and oxygen atoms in total. The van der Waals surface area contributed by atoms with Gasteiger partial charge < -0.3 is 24.3 Å². The van der Waals surface area contributed by atoms with Crippen LogP contribution in [0, 0.1) is 0 Å². The average Bonchev–Trinajstić information content (AvgIpc) is 2.77. The Morgan fingerprint density at radius 3 is 2.60 bits per heavy atom. The maximum Gasteiger partial charge on any atom is 0.308 e. The summed E-state index contributed by atoms with van der Waals surface area (Å²) in [7, 11) is 2.92. The van der Waals surface area contributed by atoms with Gasteiger partial charge in [-0.2, -0.15) is 0 Å². The number of rotatable bonds is 4. The lowest BCUT2D eigenvalue weighted by Crippen LogP contribution is -2.33. The van der Waals surface area contributed by atoms with Crippen LogP contribution >= 0.6 is 0 Å². The van der Waals surface area contributed by atoms with E-state index in [1.54, 1.807) is 13.2 Å². The van der Waals surface area contributed by atoms with Crippen molar-refractivity contribution in [2.75, 3.05) is 26.1 Å². The van der Waals surface area contributed by atoms with Crippen LogP contribution in [0.15, 0.2) is 48.5 Å². The summed E-state index contributed by atoms with van der Waals surface area (Å²) in [5, 5.41) is 2.83. The van der Waals surface area contributed by atoms with Crippen molar-refractivity contribution in [2.45, 2.75) is 37.9 Å². The minimum Gasteiger partial charge on any atom is -0.497 e. The van der Waals surface area contributed by atoms with Gasteiger partial charge in [-0.25, -0.2) is 0 Å². The van der Waals surface area contributed by atoms with Crippen LogP contribution in [-0.2, 0) is 19.1 Å². The van der Waals surface area contributed by atoms with Crippen molar-refractivity contribution in [3.05, 3.63) is 54.1 Å². The number of methoxy groups -OCH3 is 2. The molecule has 2 aromatic carbocycles. The highest BCUT2D eigenvalue weighted by Crippen LogP contribution is 2.33. The van der Waals surface area contributed by atoms with Crippen LogP contribution in [-0.4, -0.2) is 38.8 Å². The van der Waals surface area contributed by atoms with Crippen molar-refractivity contribution < 1.29 is 28.5 Å². The fourth-order valence-electron chi connectivity index (χ4n) is 3.27. The summed E-state index contributed by atoms with van der Waals surface area (Å²) in [6, 6.07) is 15.0. The van der Waals surface area contributed by atoms with Crippen LogP contribution in [0.4, 0.5) is 5.69 Å². The van der Waals surface area contributed by atoms with E-state index in [9.17, 15) is 9.59 Å². The van der Waals surface area contributed by atoms with Crippen molar-refractivity contribution >= 4 is 17.6 Å². The van der Waals surface area contributed by atoms with E-state index in [4.69, 9.17) is 18.9 Å². The minimum absolute atomic E-state index is 0.139. The Hall–Kier alpha value is -3.06. The van der Waals surface area contributed by atoms with E-state index in [1.807, 2.05) is 42.5 Å². The highest BCUT2D eigenvalue weighted by molar-refractivity contribution is 5.97. The molecule has 0 aliphatic carbocycles. The molecule has 0 fully saturated rings. The Bertz CT molecular complexity index is 851. The van der Waals surface area contributed by atoms with E-state index in [0.29, 0.717) is 18.0 Å². The van der Waals surface area contributed by atoms with Gasteiger partial charge in [0.2, 0.25) is 0 Å². The predicted octanol–water partition coefficient (Wildman–Crippen LogP) is 3.89. The summed E-state index contributed by atoms with van der Waals surface area (Å²) in [6.45, 7) is 0.367. The fourth-order valence-corrected chi connectivity index (χ4v) is 3.27. The third-order valence-electron chi connectivity index (χ3n) is 4.95. The zero-order valence-corrected chi connectivity index (χ0v) is 17.3. The molecule has 2 unspecified atom stereocenters. The number of fused-ring (bicyclic) bond motifs is 1. The van der Waals surface area contributed by atoms with E-state index in [-0.39, 0.29) is 12.5 Å². The Kier molecular flexibility index (Phi) is 7.68. The summed E-state index contributed by atoms with van der Waals surface area (Å²) >= 11 is 0. The normalized spacial score (nSPS) is 19.9. The van der Waals surface area contributed by atoms with Gasteiger partial charge in [-0.1, -0.05) is 24.3 Å². The number of anilines is 1. The number of esters is 1. The third-order valence-corrected chi connectivity index (χ3v) is 4.95. The first kappa shape index (κ1) is 21.6. The smallest absolute Gasteiger partial charge is 0.308 e. The second kappa shape index (κ2) is 10.6. The van der Waals surface area contributed by atoms with Crippen LogP contribution in [0.5, 0.6) is 11.5 Å². The van der Waals surface area contributed by atoms with E-state index < -0.39 is 18.0 Å². The van der Waals surface area contributed by atoms with Crippen molar-refractivity contribution in [1.29, 1.82) is 0 Å². The zero-order valence-electron chi connectivity index (χ0n) is 17.3. The maximum atomic E-state index is 12.8. The SMILES string of the molecule is COC(=O)CC1OCCCCC(c2ccc(OC)cc2)Oc2ccccc2NC1=O. The maximum absolute atomic E-state index is 12.8. The van der Waals surface area contributed by atoms with E-state index in [1.165, 1.54) is 7.11 Å². The van der Waals surface area contributed by atoms with E-state index in [0.717, 1.165) is 30.6 Å². The van der Waals surface area contributed by atoms with Gasteiger partial charge in [0, 0.05) is 6.61 Å². The number of carbonyl (C=O) groups excluding carboxylic acids is 2. The molecule has 2 atom stereocenters. The van der Waals surface area contributed by atoms with Crippen molar-refractivity contribution in [3.8, 4) is 11.5 Å². The van der Waals surface area contributed by atoms with Crippen LogP contribution in [0.3, 0.4) is 0 Å². The topological polar surface area (TPSA) is 83.1 Å². The highest BCUT2D eigenvalue weighted by Gasteiger charge is 2.25. The summed E-state index contributed by atoms with van der Waals surface area (Å²) in [6.07, 6.45) is 1.12. The van der Waals surface area contributed by atoms with Gasteiger partial charge >= 0.3 is 5.97 Å². The van der Waals surface area contributed by atoms with Gasteiger partial charge in [-0.3, -0.25) is 9.59 Å². The standard InChI is InChI=1S/C23H27NO6/c1-27-17-12-10-16(11-13-17)19-8-5-6-14-29-21(15-22(25)28-2)23(26)24-18-7-3-4-9-20(18)30-19/h3-4,7,9-13,19,21H,5-6,8,14-15H2,1-2H3,(H,24,26). The summed E-state index contributed by atoms with van der Waals surface area (Å²) < 4.78 is 22.0. The number of ether oxygens (including phenoxy) is 4. The van der Waals surface area contributed by atoms with Gasteiger partial charge in [0.25, 0.3) is 5.91 Å². The van der Waals surface area contributed by atoms with Gasteiger partial charge in [-0.05, 0) is 49.1 Å². The second-order valence-electron chi connectivity index (χ2n) is 7.00. The van der Waals surface area contributed by atoms with Crippen molar-refractivity contribution in [2.24, 2.45) is 0 Å². The third kappa shape index (κ3) is 5.73. The van der Waals surface area contributed by atoms with Gasteiger partial charge in [0.15, 0.2) is 0 Å². The number of hydrogen-bond acceptors (Lipinski definition) is 6. The molecule has 3 rings (SSSR count). The van der Waals surface area contributed by atoms with Crippen LogP contribution < -0.4 is 14.8 Å². The Morgan fingerprint density at radius 2 is 1.87 bits per heavy atom. The molecular formula is C23H27NO6. The molecule has 0 bridgehead atoms. The number of hydrogen-bond donors (Lipinski definition) is 1. The average molecular weight is 413 g/mol. The lowest BCUT2D eigenvalue weighted by Gasteiger charge is -2.24. The second-order valence-corrected chi connectivity index (χ2v) is 7.00. The fraction of sp³-hybridized carbons (Fsp3) is 0.391. The summed E-state index contributed by atoms with van der Waals surface area (Å²) in [5.41, 5.74) is 1.55. The van der Waals surface area contributed by atoms with Crippen molar-refractivity contribution in [1.82, 2.24) is 0 Å². The molecule has 0 radical (unpaired) electrons. The molecule has 2 aromatic rings. The van der Waals surface area contributed by atoms with Crippen LogP contribution in [0.1, 0.15) is 37.4 Å². The number of carbonyl (C=O) groups is 2. The summed E-state index contributed by atoms with van der Waals surface area (Å²) in [5.74, 6) is 0.443. The molecule has 1 heterocycles. The molecule has 30 heavy (non-hydrogen) atoms. The molecule has 7 heteroatoms. The molecule has 160 valence electrons. The van der Waals surface area contributed by atoms with Crippen molar-refractivity contribution in [3.63, 3.8) is 0 Å². The number of benzene rings is 2. The quantitative estimate of drug-likeness (QED) is 0.766. The first-order chi connectivity index (χ1) is 14.6. The van der Waals surface area contributed by atoms with E-state index >= 15 is 0 Å². The molecule has 0 saturated carbocycles. The monoisotopic (exact) mass is 413 g/mol. The first-order valence-corrected chi connectivity index (χ1v) is 9.99. The zero-order chi connectivity index (χ0) is 21.3. The van der Waals surface area contributed by atoms with Gasteiger partial charge in [0.1, 0.15) is 23.7 Å². The Balaban J connectivity index is 1.85. The number of nitrogens with one attached hydrogen (secondary N) is 1. The highest BCUT2D eigenvalue weighted by atomic mass is 16.5. The molecule has 0 aromatic heterocycles. The van der Waals surface area contributed by atoms with Crippen LogP contribution in [0.25, 0.3) is 0 Å². The Morgan fingerprint density at radius 1 is 1.10 bits per heavy atom. The predicted molar refractivity (Wildman–Crippen MR) is 112 cm³/mol. The minimum atomic E-state index is -0.915. The number of para-hydroxylation sites is 2. The first-order valence-electron chi connectivity index (χ1n) is 9.99. The largest absolute Gasteiger partial charge is 0.497 e. The van der Waals surface area contributed by atoms with Gasteiger partial charge in [0.05, 0.1) is 26.3 Å². The lowest BCUT2D eigenvalue weighted by atomic mass is 10.0. The van der Waals surface area contributed by atoms with Crippen LogP contribution in [0.2, 0.25) is 0 Å². The summed E-state index contributed by atoms with van der Waals surface area (Å²) in [4.78, 5) is 24.4.